The van der Waals surface area contributed by atoms with Gasteiger partial charge in [0.15, 0.2) is 0 Å². The van der Waals surface area contributed by atoms with Crippen molar-refractivity contribution in [1.29, 1.82) is 0 Å². The van der Waals surface area contributed by atoms with Crippen LogP contribution < -0.4 is 10.5 Å². The van der Waals surface area contributed by atoms with Crippen LogP contribution in [-0.2, 0) is 6.54 Å². The van der Waals surface area contributed by atoms with Gasteiger partial charge >= 0.3 is 0 Å². The quantitative estimate of drug-likeness (QED) is 0.860. The molecular weight excluding hydrogens is 336 g/mol. The number of halogens is 1. The SMILES string of the molecule is COc1ccccc1C(CN)N(C)Cc1cc(Br)cs1. The summed E-state index contributed by atoms with van der Waals surface area (Å²) in [4.78, 5) is 3.57. The van der Waals surface area contributed by atoms with Crippen molar-refractivity contribution in [3.63, 3.8) is 0 Å². The molecule has 2 rings (SSSR count). The van der Waals surface area contributed by atoms with Gasteiger partial charge in [-0.05, 0) is 35.1 Å². The normalized spacial score (nSPS) is 12.7. The molecule has 0 fully saturated rings. The summed E-state index contributed by atoms with van der Waals surface area (Å²) < 4.78 is 6.58. The van der Waals surface area contributed by atoms with Crippen molar-refractivity contribution in [3.8, 4) is 5.75 Å². The Bertz CT molecular complexity index is 558. The third kappa shape index (κ3) is 3.61. The van der Waals surface area contributed by atoms with E-state index >= 15 is 0 Å². The van der Waals surface area contributed by atoms with E-state index in [4.69, 9.17) is 10.5 Å². The summed E-state index contributed by atoms with van der Waals surface area (Å²) in [5.74, 6) is 0.891. The van der Waals surface area contributed by atoms with Crippen LogP contribution in [0.15, 0.2) is 40.2 Å². The lowest BCUT2D eigenvalue weighted by Crippen LogP contribution is -2.30. The Kier molecular flexibility index (Phi) is 5.60. The van der Waals surface area contributed by atoms with E-state index in [2.05, 4.69) is 45.4 Å². The number of rotatable bonds is 6. The summed E-state index contributed by atoms with van der Waals surface area (Å²) in [5.41, 5.74) is 7.12. The molecule has 2 aromatic rings. The monoisotopic (exact) mass is 354 g/mol. The van der Waals surface area contributed by atoms with E-state index in [1.54, 1.807) is 18.4 Å². The van der Waals surface area contributed by atoms with Gasteiger partial charge < -0.3 is 10.5 Å². The van der Waals surface area contributed by atoms with E-state index in [0.29, 0.717) is 6.54 Å². The van der Waals surface area contributed by atoms with Crippen LogP contribution in [0.4, 0.5) is 0 Å². The molecule has 20 heavy (non-hydrogen) atoms. The topological polar surface area (TPSA) is 38.5 Å². The zero-order valence-corrected chi connectivity index (χ0v) is 14.1. The maximum Gasteiger partial charge on any atom is 0.123 e. The molecule has 1 heterocycles. The standard InChI is InChI=1S/C15H19BrN2OS/c1-18(9-12-7-11(16)10-20-12)14(8-17)13-5-3-4-6-15(13)19-2/h3-7,10,14H,8-9,17H2,1-2H3. The third-order valence-corrected chi connectivity index (χ3v) is 4.96. The summed E-state index contributed by atoms with van der Waals surface area (Å²) >= 11 is 5.24. The van der Waals surface area contributed by atoms with E-state index in [0.717, 1.165) is 22.3 Å². The Balaban J connectivity index is 2.18. The minimum atomic E-state index is 0.145. The highest BCUT2D eigenvalue weighted by Crippen LogP contribution is 2.30. The van der Waals surface area contributed by atoms with Gasteiger partial charge in [0.05, 0.1) is 13.2 Å². The largest absolute Gasteiger partial charge is 0.496 e. The molecule has 0 aliphatic rings. The zero-order chi connectivity index (χ0) is 14.5. The predicted octanol–water partition coefficient (Wildman–Crippen LogP) is 3.65. The molecule has 5 heteroatoms. The second-order valence-electron chi connectivity index (χ2n) is 4.64. The van der Waals surface area contributed by atoms with Gasteiger partial charge in [0.25, 0.3) is 0 Å². The number of methoxy groups -OCH3 is 1. The van der Waals surface area contributed by atoms with E-state index in [1.165, 1.54) is 4.88 Å². The number of nitrogens with zero attached hydrogens (tertiary/aromatic N) is 1. The highest BCUT2D eigenvalue weighted by atomic mass is 79.9. The van der Waals surface area contributed by atoms with Gasteiger partial charge in [-0.2, -0.15) is 0 Å². The van der Waals surface area contributed by atoms with Gasteiger partial charge in [-0.1, -0.05) is 18.2 Å². The fourth-order valence-electron chi connectivity index (χ4n) is 2.28. The second kappa shape index (κ2) is 7.22. The first-order valence-corrected chi connectivity index (χ1v) is 8.09. The first-order chi connectivity index (χ1) is 9.65. The van der Waals surface area contributed by atoms with Crippen LogP contribution in [0.1, 0.15) is 16.5 Å². The molecule has 0 aliphatic carbocycles. The van der Waals surface area contributed by atoms with Crippen LogP contribution in [0, 0.1) is 0 Å². The summed E-state index contributed by atoms with van der Waals surface area (Å²) in [6.45, 7) is 1.43. The lowest BCUT2D eigenvalue weighted by Gasteiger charge is -2.28. The second-order valence-corrected chi connectivity index (χ2v) is 6.55. The number of hydrogen-bond donors (Lipinski definition) is 1. The molecule has 0 amide bonds. The lowest BCUT2D eigenvalue weighted by molar-refractivity contribution is 0.238. The van der Waals surface area contributed by atoms with Crippen LogP contribution in [0.3, 0.4) is 0 Å². The molecule has 108 valence electrons. The summed E-state index contributed by atoms with van der Waals surface area (Å²) in [5, 5.41) is 2.10. The number of ether oxygens (including phenoxy) is 1. The minimum Gasteiger partial charge on any atom is -0.496 e. The van der Waals surface area contributed by atoms with Crippen molar-refractivity contribution < 1.29 is 4.74 Å². The first kappa shape index (κ1) is 15.5. The van der Waals surface area contributed by atoms with Gasteiger partial charge in [0, 0.05) is 33.4 Å². The predicted molar refractivity (Wildman–Crippen MR) is 88.3 cm³/mol. The Labute approximate surface area is 132 Å². The molecule has 1 aromatic heterocycles. The molecule has 0 saturated carbocycles. The van der Waals surface area contributed by atoms with Crippen LogP contribution in [-0.4, -0.2) is 25.6 Å². The number of para-hydroxylation sites is 1. The van der Waals surface area contributed by atoms with Crippen molar-refractivity contribution >= 4 is 27.3 Å². The molecule has 0 radical (unpaired) electrons. The smallest absolute Gasteiger partial charge is 0.123 e. The Morgan fingerprint density at radius 2 is 2.15 bits per heavy atom. The molecule has 1 atom stereocenters. The van der Waals surface area contributed by atoms with Crippen molar-refractivity contribution in [1.82, 2.24) is 4.90 Å². The maximum absolute atomic E-state index is 5.99. The Morgan fingerprint density at radius 1 is 1.40 bits per heavy atom. The summed E-state index contributed by atoms with van der Waals surface area (Å²) in [7, 11) is 3.79. The van der Waals surface area contributed by atoms with Crippen molar-refractivity contribution in [2.24, 2.45) is 5.73 Å². The van der Waals surface area contributed by atoms with Gasteiger partial charge in [0.2, 0.25) is 0 Å². The van der Waals surface area contributed by atoms with Gasteiger partial charge in [-0.15, -0.1) is 11.3 Å². The fraction of sp³-hybridized carbons (Fsp3) is 0.333. The molecule has 0 bridgehead atoms. The zero-order valence-electron chi connectivity index (χ0n) is 11.7. The maximum atomic E-state index is 5.99. The highest BCUT2D eigenvalue weighted by Gasteiger charge is 2.19. The number of nitrogens with two attached hydrogens (primary N) is 1. The van der Waals surface area contributed by atoms with E-state index < -0.39 is 0 Å². The molecule has 0 spiro atoms. The van der Waals surface area contributed by atoms with Gasteiger partial charge in [-0.25, -0.2) is 0 Å². The van der Waals surface area contributed by atoms with Crippen molar-refractivity contribution in [3.05, 3.63) is 50.6 Å². The van der Waals surface area contributed by atoms with Crippen LogP contribution in [0.2, 0.25) is 0 Å². The van der Waals surface area contributed by atoms with Crippen LogP contribution >= 0.6 is 27.3 Å². The van der Waals surface area contributed by atoms with Gasteiger partial charge in [0.1, 0.15) is 5.75 Å². The summed E-state index contributed by atoms with van der Waals surface area (Å²) in [6, 6.07) is 10.4. The molecule has 0 saturated heterocycles. The minimum absolute atomic E-state index is 0.145. The van der Waals surface area contributed by atoms with Crippen molar-refractivity contribution in [2.45, 2.75) is 12.6 Å². The molecule has 3 nitrogen and oxygen atoms in total. The highest BCUT2D eigenvalue weighted by molar-refractivity contribution is 9.10. The molecule has 2 N–H and O–H groups in total. The van der Waals surface area contributed by atoms with Crippen molar-refractivity contribution in [2.75, 3.05) is 20.7 Å². The average molecular weight is 355 g/mol. The number of likely N-dealkylation sites (N-methyl/N-ethyl adjacent to an activating group) is 1. The number of benzene rings is 1. The Morgan fingerprint density at radius 3 is 2.75 bits per heavy atom. The van der Waals surface area contributed by atoms with Gasteiger partial charge in [-0.3, -0.25) is 4.90 Å². The Hall–Kier alpha value is -0.880. The average Bonchev–Trinajstić information content (AvgIpc) is 2.85. The van der Waals surface area contributed by atoms with Crippen LogP contribution in [0.5, 0.6) is 5.75 Å². The number of thiophene rings is 1. The molecule has 1 aromatic carbocycles. The van der Waals surface area contributed by atoms with Crippen LogP contribution in [0.25, 0.3) is 0 Å². The molecular formula is C15H19BrN2OS. The summed E-state index contributed by atoms with van der Waals surface area (Å²) in [6.07, 6.45) is 0. The third-order valence-electron chi connectivity index (χ3n) is 3.28. The lowest BCUT2D eigenvalue weighted by atomic mass is 10.0. The molecule has 0 aliphatic heterocycles. The van der Waals surface area contributed by atoms with E-state index in [-0.39, 0.29) is 6.04 Å². The number of hydrogen-bond acceptors (Lipinski definition) is 4. The first-order valence-electron chi connectivity index (χ1n) is 6.41. The van der Waals surface area contributed by atoms with E-state index in [9.17, 15) is 0 Å². The fourth-order valence-corrected chi connectivity index (χ4v) is 3.79. The molecule has 1 unspecified atom stereocenters. The van der Waals surface area contributed by atoms with E-state index in [1.807, 2.05) is 18.2 Å².